The number of hydrogen-bond donors (Lipinski definition) is 0. The van der Waals surface area contributed by atoms with E-state index in [9.17, 15) is 0 Å². The molecule has 1 aliphatic rings. The van der Waals surface area contributed by atoms with Crippen LogP contribution in [-0.4, -0.2) is 38.1 Å². The Labute approximate surface area is 156 Å². The van der Waals surface area contributed by atoms with E-state index in [0.29, 0.717) is 6.61 Å². The maximum atomic E-state index is 6.15. The lowest BCUT2D eigenvalue weighted by atomic mass is 9.78. The van der Waals surface area contributed by atoms with Gasteiger partial charge in [0.1, 0.15) is 5.75 Å². The van der Waals surface area contributed by atoms with Gasteiger partial charge in [-0.2, -0.15) is 0 Å². The lowest BCUT2D eigenvalue weighted by Gasteiger charge is -2.32. The van der Waals surface area contributed by atoms with Gasteiger partial charge in [-0.25, -0.2) is 0 Å². The first-order chi connectivity index (χ1) is 12.3. The van der Waals surface area contributed by atoms with Crippen LogP contribution in [0.2, 0.25) is 0 Å². The van der Waals surface area contributed by atoms with Gasteiger partial charge in [0.15, 0.2) is 0 Å². The molecule has 3 rings (SSSR count). The van der Waals surface area contributed by atoms with E-state index < -0.39 is 0 Å². The monoisotopic (exact) mass is 356 g/mol. The second-order valence-electron chi connectivity index (χ2n) is 7.76. The molecule has 0 bridgehead atoms. The van der Waals surface area contributed by atoms with Crippen LogP contribution >= 0.6 is 0 Å². The molecule has 1 saturated heterocycles. The van der Waals surface area contributed by atoms with Crippen molar-refractivity contribution in [1.82, 2.24) is 0 Å². The number of rotatable bonds is 7. The van der Waals surface area contributed by atoms with Crippen molar-refractivity contribution in [3.8, 4) is 5.75 Å². The Kier molecular flexibility index (Phi) is 5.61. The predicted octanol–water partition coefficient (Wildman–Crippen LogP) is 3.94. The van der Waals surface area contributed by atoms with Gasteiger partial charge in [-0.3, -0.25) is 0 Å². The molecule has 0 spiro atoms. The van der Waals surface area contributed by atoms with Gasteiger partial charge in [-0.05, 0) is 63.0 Å². The fraction of sp³-hybridized carbons (Fsp3) is 0.524. The van der Waals surface area contributed by atoms with Gasteiger partial charge >= 0.3 is 7.12 Å². The molecule has 0 atom stereocenters. The van der Waals surface area contributed by atoms with Crippen molar-refractivity contribution in [3.63, 3.8) is 0 Å². The minimum absolute atomic E-state index is 0.328. The molecule has 4 nitrogen and oxygen atoms in total. The van der Waals surface area contributed by atoms with E-state index in [0.717, 1.165) is 41.6 Å². The van der Waals surface area contributed by atoms with Crippen LogP contribution in [0.1, 0.15) is 41.0 Å². The molecule has 1 aliphatic heterocycles. The summed E-state index contributed by atoms with van der Waals surface area (Å²) in [6.45, 7) is 12.4. The smallest absolute Gasteiger partial charge is 0.493 e. The summed E-state index contributed by atoms with van der Waals surface area (Å²) in [4.78, 5) is 0. The molecule has 0 aliphatic carbocycles. The van der Waals surface area contributed by atoms with Crippen molar-refractivity contribution < 1.29 is 18.8 Å². The molecule has 0 aromatic heterocycles. The summed E-state index contributed by atoms with van der Waals surface area (Å²) in [6, 6.07) is 12.5. The first kappa shape index (κ1) is 19.2. The van der Waals surface area contributed by atoms with Gasteiger partial charge in [0, 0.05) is 19.6 Å². The Balaban J connectivity index is 1.69. The number of ether oxygens (including phenoxy) is 2. The Morgan fingerprint density at radius 1 is 0.885 bits per heavy atom. The zero-order chi connectivity index (χ0) is 18.8. The number of fused-ring (bicyclic) bond motifs is 1. The summed E-state index contributed by atoms with van der Waals surface area (Å²) in [5.74, 6) is 0.886. The average molecular weight is 356 g/mol. The second-order valence-corrected chi connectivity index (χ2v) is 7.76. The molecule has 0 saturated carbocycles. The van der Waals surface area contributed by atoms with Gasteiger partial charge in [-0.1, -0.05) is 24.3 Å². The fourth-order valence-corrected chi connectivity index (χ4v) is 2.95. The van der Waals surface area contributed by atoms with Crippen LogP contribution in [-0.2, 0) is 14.0 Å². The van der Waals surface area contributed by atoms with E-state index in [4.69, 9.17) is 18.8 Å². The van der Waals surface area contributed by atoms with Crippen molar-refractivity contribution >= 4 is 23.4 Å². The third-order valence-electron chi connectivity index (χ3n) is 5.27. The summed E-state index contributed by atoms with van der Waals surface area (Å²) < 4.78 is 23.4. The Bertz CT molecular complexity index is 741. The van der Waals surface area contributed by atoms with E-state index in [1.54, 1.807) is 0 Å². The topological polar surface area (TPSA) is 36.9 Å². The van der Waals surface area contributed by atoms with Gasteiger partial charge in [-0.15, -0.1) is 0 Å². The zero-order valence-electron chi connectivity index (χ0n) is 16.5. The van der Waals surface area contributed by atoms with E-state index in [1.807, 2.05) is 13.0 Å². The minimum atomic E-state index is -0.334. The third-order valence-corrected chi connectivity index (χ3v) is 5.27. The summed E-state index contributed by atoms with van der Waals surface area (Å²) in [5.41, 5.74) is 0.388. The molecule has 1 heterocycles. The van der Waals surface area contributed by atoms with Crippen LogP contribution in [0.4, 0.5) is 0 Å². The second kappa shape index (κ2) is 7.59. The maximum Gasteiger partial charge on any atom is 0.494 e. The summed E-state index contributed by atoms with van der Waals surface area (Å²) in [6.07, 6.45) is 0.896. The van der Waals surface area contributed by atoms with Crippen molar-refractivity contribution in [1.29, 1.82) is 0 Å². The lowest BCUT2D eigenvalue weighted by molar-refractivity contribution is 0.00578. The highest BCUT2D eigenvalue weighted by molar-refractivity contribution is 6.62. The van der Waals surface area contributed by atoms with Crippen molar-refractivity contribution in [2.24, 2.45) is 0 Å². The molecular formula is C21H29BO4. The highest BCUT2D eigenvalue weighted by Crippen LogP contribution is 2.36. The van der Waals surface area contributed by atoms with E-state index in [2.05, 4.69) is 58.0 Å². The highest BCUT2D eigenvalue weighted by atomic mass is 16.7. The molecule has 0 amide bonds. The molecule has 0 radical (unpaired) electrons. The third kappa shape index (κ3) is 4.06. The van der Waals surface area contributed by atoms with Gasteiger partial charge in [0.25, 0.3) is 0 Å². The first-order valence-electron chi connectivity index (χ1n) is 9.42. The Morgan fingerprint density at radius 3 is 2.23 bits per heavy atom. The van der Waals surface area contributed by atoms with E-state index in [-0.39, 0.29) is 18.3 Å². The van der Waals surface area contributed by atoms with E-state index >= 15 is 0 Å². The molecule has 5 heteroatoms. The number of benzene rings is 2. The van der Waals surface area contributed by atoms with Crippen LogP contribution in [0.5, 0.6) is 5.75 Å². The summed E-state index contributed by atoms with van der Waals surface area (Å²) in [7, 11) is -0.334. The molecule has 1 fully saturated rings. The normalized spacial score (nSPS) is 18.4. The molecular weight excluding hydrogens is 327 g/mol. The van der Waals surface area contributed by atoms with Crippen molar-refractivity contribution in [2.45, 2.75) is 52.2 Å². The van der Waals surface area contributed by atoms with Gasteiger partial charge in [0.05, 0.1) is 17.8 Å². The van der Waals surface area contributed by atoms with Crippen LogP contribution < -0.4 is 10.2 Å². The first-order valence-corrected chi connectivity index (χ1v) is 9.42. The minimum Gasteiger partial charge on any atom is -0.493 e. The summed E-state index contributed by atoms with van der Waals surface area (Å²) >= 11 is 0. The van der Waals surface area contributed by atoms with Gasteiger partial charge in [0.2, 0.25) is 0 Å². The van der Waals surface area contributed by atoms with Crippen LogP contribution in [0.3, 0.4) is 0 Å². The standard InChI is InChI=1S/C21H29BO4/c1-6-23-12-7-13-24-19-11-9-16-14-18(10-8-17(16)15-19)22-25-20(2,3)21(4,5)26-22/h8-11,14-15H,6-7,12-13H2,1-5H3. The Morgan fingerprint density at radius 2 is 1.54 bits per heavy atom. The average Bonchev–Trinajstić information content (AvgIpc) is 2.82. The quantitative estimate of drug-likeness (QED) is 0.556. The molecule has 0 unspecified atom stereocenters. The highest BCUT2D eigenvalue weighted by Gasteiger charge is 2.51. The summed E-state index contributed by atoms with van der Waals surface area (Å²) in [5, 5.41) is 2.30. The van der Waals surface area contributed by atoms with Gasteiger partial charge < -0.3 is 18.8 Å². The van der Waals surface area contributed by atoms with E-state index in [1.165, 1.54) is 0 Å². The zero-order valence-corrected chi connectivity index (χ0v) is 16.5. The molecule has 26 heavy (non-hydrogen) atoms. The fourth-order valence-electron chi connectivity index (χ4n) is 2.95. The molecule has 2 aromatic carbocycles. The maximum absolute atomic E-state index is 6.15. The lowest BCUT2D eigenvalue weighted by Crippen LogP contribution is -2.41. The molecule has 2 aromatic rings. The van der Waals surface area contributed by atoms with Crippen molar-refractivity contribution in [2.75, 3.05) is 19.8 Å². The molecule has 140 valence electrons. The SMILES string of the molecule is CCOCCCOc1ccc2cc(B3OC(C)(C)C(C)(C)O3)ccc2c1. The number of hydrogen-bond acceptors (Lipinski definition) is 4. The predicted molar refractivity (Wildman–Crippen MR) is 106 cm³/mol. The van der Waals surface area contributed by atoms with Crippen molar-refractivity contribution in [3.05, 3.63) is 36.4 Å². The van der Waals surface area contributed by atoms with Crippen LogP contribution in [0.15, 0.2) is 36.4 Å². The van der Waals surface area contributed by atoms with Crippen LogP contribution in [0, 0.1) is 0 Å². The molecule has 0 N–H and O–H groups in total. The largest absolute Gasteiger partial charge is 0.494 e. The van der Waals surface area contributed by atoms with Crippen LogP contribution in [0.25, 0.3) is 10.8 Å². The Hall–Kier alpha value is -1.56.